The van der Waals surface area contributed by atoms with Gasteiger partial charge in [0.25, 0.3) is 0 Å². The van der Waals surface area contributed by atoms with Crippen LogP contribution in [-0.4, -0.2) is 125 Å². The summed E-state index contributed by atoms with van der Waals surface area (Å²) in [5, 5.41) is 32.2. The minimum Gasteiger partial charge on any atom is -0.492 e. The maximum atomic E-state index is 9.82. The van der Waals surface area contributed by atoms with Gasteiger partial charge in [0.15, 0.2) is 0 Å². The third-order valence-electron chi connectivity index (χ3n) is 19.3. The van der Waals surface area contributed by atoms with Crippen molar-refractivity contribution in [3.63, 3.8) is 0 Å². The SMILES string of the molecule is N#Cc1cc(-c2cccc3[nH]c(-c4ccc(N5CCOCC5)cc4)cc23)ccc1OCC1CC1.N#Cc1cc(-c2cccc3[nH]c(-c4ccc(N5CCOCC5)nc4)cc23)ccc1OC1CCOCC1.N#Cc1cccc(-c2cccc3[nH]c(-c4ccc(N5CCOCC5)cc4)cc23)c1. The van der Waals surface area contributed by atoms with Crippen molar-refractivity contribution < 1.29 is 28.4 Å². The minimum absolute atomic E-state index is 0.0932. The number of pyridine rings is 1. The molecule has 0 atom stereocenters. The van der Waals surface area contributed by atoms with Gasteiger partial charge < -0.3 is 58.1 Å². The standard InChI is InChI=1S/C29H28N4O3.C29H27N3O2.C25H21N3O/c30-18-22-16-20(4-6-28(22)36-23-8-12-34-13-9-23)24-2-1-3-26-25(24)17-27(32-26)21-5-7-29(31-19-21)33-10-14-35-15-11-33;30-18-23-16-22(8-11-29(23)34-19-20-4-5-20)25-2-1-3-27-26(25)17-28(31-27)21-6-9-24(10-7-21)32-12-14-33-15-13-32;26-17-18-3-1-4-20(15-18)22-5-2-6-24-23(22)16-25(27-24)19-7-9-21(10-8-19)28-11-13-29-14-12-28/h1-7,16-17,19,23,32H,8-15H2;1-3,6-11,16-17,20,31H,4-5,12-15,19H2;1-10,15-16,27H,11-14H2. The number of benzene rings is 8. The van der Waals surface area contributed by atoms with Crippen molar-refractivity contribution in [3.05, 3.63) is 217 Å². The number of aromatic amines is 3. The zero-order valence-electron chi connectivity index (χ0n) is 55.2. The van der Waals surface area contributed by atoms with E-state index in [0.717, 1.165) is 197 Å². The molecule has 99 heavy (non-hydrogen) atoms. The molecular weight excluding hydrogens is 1230 g/mol. The normalized spacial score (nSPS) is 15.7. The fraction of sp³-hybridized carbons (Fsp3) is 0.253. The van der Waals surface area contributed by atoms with Gasteiger partial charge in [0.05, 0.1) is 82.2 Å². The third kappa shape index (κ3) is 14.6. The quantitative estimate of drug-likeness (QED) is 0.0931. The Morgan fingerprint density at radius 1 is 0.404 bits per heavy atom. The number of nitrogens with one attached hydrogen (secondary N) is 3. The van der Waals surface area contributed by atoms with Crippen LogP contribution in [-0.2, 0) is 18.9 Å². The van der Waals surface area contributed by atoms with E-state index < -0.39 is 0 Å². The first kappa shape index (κ1) is 63.9. The number of hydrogen-bond acceptors (Lipinski definition) is 13. The maximum absolute atomic E-state index is 9.82. The van der Waals surface area contributed by atoms with E-state index in [0.29, 0.717) is 53.9 Å². The summed E-state index contributed by atoms with van der Waals surface area (Å²) in [7, 11) is 0. The van der Waals surface area contributed by atoms with Crippen LogP contribution in [0.15, 0.2) is 200 Å². The lowest BCUT2D eigenvalue weighted by molar-refractivity contribution is 0.0254. The van der Waals surface area contributed by atoms with Crippen LogP contribution in [0.1, 0.15) is 42.4 Å². The zero-order valence-corrected chi connectivity index (χ0v) is 55.2. The van der Waals surface area contributed by atoms with Crippen LogP contribution in [0.4, 0.5) is 17.2 Å². The first-order valence-corrected chi connectivity index (χ1v) is 34.4. The highest BCUT2D eigenvalue weighted by Crippen LogP contribution is 2.39. The van der Waals surface area contributed by atoms with Gasteiger partial charge in [0.1, 0.15) is 35.6 Å². The molecule has 12 aromatic rings. The summed E-state index contributed by atoms with van der Waals surface area (Å²) in [6.45, 7) is 12.2. The van der Waals surface area contributed by atoms with E-state index in [1.54, 1.807) is 0 Å². The molecule has 3 N–H and O–H groups in total. The van der Waals surface area contributed by atoms with Crippen molar-refractivity contribution in [2.24, 2.45) is 5.92 Å². The van der Waals surface area contributed by atoms with Crippen molar-refractivity contribution in [1.82, 2.24) is 19.9 Å². The number of fused-ring (bicyclic) bond motifs is 3. The van der Waals surface area contributed by atoms with E-state index in [1.807, 2.05) is 60.8 Å². The van der Waals surface area contributed by atoms with Crippen LogP contribution in [0.2, 0.25) is 0 Å². The number of nitrogens with zero attached hydrogens (tertiary/aromatic N) is 7. The van der Waals surface area contributed by atoms with Crippen LogP contribution in [0.3, 0.4) is 0 Å². The molecule has 1 saturated carbocycles. The van der Waals surface area contributed by atoms with E-state index in [1.165, 1.54) is 24.2 Å². The Balaban J connectivity index is 0.000000122. The molecule has 0 spiro atoms. The van der Waals surface area contributed by atoms with E-state index in [4.69, 9.17) is 33.4 Å². The Morgan fingerprint density at radius 3 is 1.31 bits per heavy atom. The second-order valence-corrected chi connectivity index (χ2v) is 25.7. The number of aromatic nitrogens is 4. The fourth-order valence-electron chi connectivity index (χ4n) is 13.6. The Morgan fingerprint density at radius 2 is 0.838 bits per heavy atom. The molecule has 4 saturated heterocycles. The minimum atomic E-state index is 0.0932. The van der Waals surface area contributed by atoms with Gasteiger partial charge in [-0.15, -0.1) is 0 Å². The van der Waals surface area contributed by atoms with Crippen LogP contribution in [0, 0.1) is 39.9 Å². The van der Waals surface area contributed by atoms with E-state index >= 15 is 0 Å². The van der Waals surface area contributed by atoms with Crippen LogP contribution >= 0.6 is 0 Å². The number of nitriles is 3. The zero-order chi connectivity index (χ0) is 66.9. The summed E-state index contributed by atoms with van der Waals surface area (Å²) in [5.41, 5.74) is 20.4. The molecule has 16 heteroatoms. The van der Waals surface area contributed by atoms with Crippen molar-refractivity contribution in [1.29, 1.82) is 15.8 Å². The summed E-state index contributed by atoms with van der Waals surface area (Å²) in [5.74, 6) is 2.95. The number of anilines is 3. The number of H-pyrrole nitrogens is 3. The van der Waals surface area contributed by atoms with Crippen molar-refractivity contribution in [2.45, 2.75) is 31.8 Å². The molecule has 5 fully saturated rings. The molecule has 5 aliphatic rings. The molecule has 8 heterocycles. The predicted molar refractivity (Wildman–Crippen MR) is 391 cm³/mol. The molecule has 17 rings (SSSR count). The van der Waals surface area contributed by atoms with Gasteiger partial charge in [0.2, 0.25) is 0 Å². The van der Waals surface area contributed by atoms with Crippen molar-refractivity contribution in [2.75, 3.05) is 113 Å². The van der Waals surface area contributed by atoms with E-state index in [-0.39, 0.29) is 6.10 Å². The van der Waals surface area contributed by atoms with Gasteiger partial charge in [-0.1, -0.05) is 84.9 Å². The topological polar surface area (TPSA) is 197 Å². The van der Waals surface area contributed by atoms with Gasteiger partial charge in [-0.3, -0.25) is 0 Å². The smallest absolute Gasteiger partial charge is 0.137 e. The highest BCUT2D eigenvalue weighted by atomic mass is 16.5. The molecule has 0 amide bonds. The fourth-order valence-corrected chi connectivity index (χ4v) is 13.6. The molecule has 0 radical (unpaired) electrons. The van der Waals surface area contributed by atoms with Gasteiger partial charge in [-0.2, -0.15) is 15.8 Å². The average molecular weight is 1310 g/mol. The second-order valence-electron chi connectivity index (χ2n) is 25.7. The molecule has 16 nitrogen and oxygen atoms in total. The van der Waals surface area contributed by atoms with Gasteiger partial charge in [-0.25, -0.2) is 4.98 Å². The first-order valence-electron chi connectivity index (χ1n) is 34.4. The Bertz CT molecular complexity index is 4930. The average Bonchev–Trinajstić information content (AvgIpc) is 1.69. The first-order chi connectivity index (χ1) is 48.9. The lowest BCUT2D eigenvalue weighted by Gasteiger charge is -2.28. The van der Waals surface area contributed by atoms with Crippen LogP contribution in [0.5, 0.6) is 11.5 Å². The van der Waals surface area contributed by atoms with Gasteiger partial charge in [0, 0.05) is 125 Å². The highest BCUT2D eigenvalue weighted by Gasteiger charge is 2.24. The molecule has 0 bridgehead atoms. The monoisotopic (exact) mass is 1310 g/mol. The lowest BCUT2D eigenvalue weighted by Crippen LogP contribution is -2.36. The number of ether oxygens (including phenoxy) is 6. The van der Waals surface area contributed by atoms with Crippen molar-refractivity contribution in [3.8, 4) is 96.9 Å². The Labute approximate surface area is 576 Å². The number of morpholine rings is 3. The predicted octanol–water partition coefficient (Wildman–Crippen LogP) is 16.4. The molecule has 0 unspecified atom stereocenters. The van der Waals surface area contributed by atoms with Crippen molar-refractivity contribution >= 4 is 49.9 Å². The summed E-state index contributed by atoms with van der Waals surface area (Å²) in [6, 6.07) is 73.4. The molecule has 8 aromatic carbocycles. The lowest BCUT2D eigenvalue weighted by atomic mass is 9.99. The molecule has 494 valence electrons. The van der Waals surface area contributed by atoms with Gasteiger partial charge >= 0.3 is 0 Å². The van der Waals surface area contributed by atoms with E-state index in [9.17, 15) is 15.8 Å². The summed E-state index contributed by atoms with van der Waals surface area (Å²) in [4.78, 5) is 22.3. The Kier molecular flexibility index (Phi) is 19.1. The number of hydrogen-bond donors (Lipinski definition) is 3. The summed E-state index contributed by atoms with van der Waals surface area (Å²) >= 11 is 0. The summed E-state index contributed by atoms with van der Waals surface area (Å²) < 4.78 is 33.8. The van der Waals surface area contributed by atoms with Gasteiger partial charge in [-0.05, 0) is 172 Å². The largest absolute Gasteiger partial charge is 0.492 e. The third-order valence-corrected chi connectivity index (χ3v) is 19.3. The van der Waals surface area contributed by atoms with Crippen LogP contribution in [0.25, 0.3) is 99.9 Å². The Hall–Kier alpha value is -11.2. The highest BCUT2D eigenvalue weighted by molar-refractivity contribution is 6.01. The maximum Gasteiger partial charge on any atom is 0.137 e. The molecule has 4 aromatic heterocycles. The van der Waals surface area contributed by atoms with Crippen LogP contribution < -0.4 is 24.2 Å². The number of rotatable bonds is 14. The summed E-state index contributed by atoms with van der Waals surface area (Å²) in [6.07, 6.45) is 6.17. The molecular formula is C83H76N10O6. The second kappa shape index (κ2) is 29.7. The molecule has 4 aliphatic heterocycles. The van der Waals surface area contributed by atoms with E-state index in [2.05, 4.69) is 187 Å². The molecule has 1 aliphatic carbocycles.